The summed E-state index contributed by atoms with van der Waals surface area (Å²) in [6.07, 6.45) is 0. The van der Waals surface area contributed by atoms with Gasteiger partial charge in [-0.05, 0) is 55.0 Å². The molecule has 5 heteroatoms. The van der Waals surface area contributed by atoms with Crippen LogP contribution in [0.2, 0.25) is 0 Å². The number of rotatable bonds is 2. The van der Waals surface area contributed by atoms with E-state index in [2.05, 4.69) is 37.2 Å². The molecule has 1 N–H and O–H groups in total. The van der Waals surface area contributed by atoms with Crippen molar-refractivity contribution in [3.05, 3.63) is 62.7 Å². The van der Waals surface area contributed by atoms with Gasteiger partial charge in [0.2, 0.25) is 0 Å². The van der Waals surface area contributed by atoms with Crippen molar-refractivity contribution >= 4 is 54.4 Å². The molecule has 1 amide bonds. The van der Waals surface area contributed by atoms with E-state index >= 15 is 0 Å². The highest BCUT2D eigenvalue weighted by Crippen LogP contribution is 2.25. The molecule has 0 radical (unpaired) electrons. The van der Waals surface area contributed by atoms with Gasteiger partial charge in [0.1, 0.15) is 5.58 Å². The van der Waals surface area contributed by atoms with Crippen molar-refractivity contribution in [2.24, 2.45) is 0 Å². The van der Waals surface area contributed by atoms with Crippen molar-refractivity contribution in [3.63, 3.8) is 0 Å². The summed E-state index contributed by atoms with van der Waals surface area (Å²) in [5.74, 6) is 0.0349. The summed E-state index contributed by atoms with van der Waals surface area (Å²) in [6, 6.07) is 13.0. The van der Waals surface area contributed by atoms with Gasteiger partial charge in [-0.3, -0.25) is 4.79 Å². The zero-order chi connectivity index (χ0) is 15.0. The maximum atomic E-state index is 12.2. The number of amides is 1. The van der Waals surface area contributed by atoms with Crippen LogP contribution in [0.4, 0.5) is 5.69 Å². The van der Waals surface area contributed by atoms with Gasteiger partial charge in [-0.2, -0.15) is 0 Å². The molecule has 106 valence electrons. The van der Waals surface area contributed by atoms with Crippen LogP contribution >= 0.6 is 31.9 Å². The number of fused-ring (bicyclic) bond motifs is 1. The van der Waals surface area contributed by atoms with Gasteiger partial charge in [0.25, 0.3) is 5.91 Å². The maximum absolute atomic E-state index is 12.2. The van der Waals surface area contributed by atoms with Gasteiger partial charge in [0.15, 0.2) is 5.76 Å². The molecule has 0 aliphatic carbocycles. The SMILES string of the molecule is Cc1cc(NC(=O)c2cc3cc(Br)ccc3o2)ccc1Br. The fourth-order valence-electron chi connectivity index (χ4n) is 2.04. The molecule has 0 spiro atoms. The molecule has 0 saturated heterocycles. The topological polar surface area (TPSA) is 42.2 Å². The first-order chi connectivity index (χ1) is 10.0. The van der Waals surface area contributed by atoms with E-state index in [1.165, 1.54) is 0 Å². The highest BCUT2D eigenvalue weighted by atomic mass is 79.9. The minimum absolute atomic E-state index is 0.260. The predicted octanol–water partition coefficient (Wildman–Crippen LogP) is 5.52. The van der Waals surface area contributed by atoms with Crippen LogP contribution in [0.15, 0.2) is 55.8 Å². The van der Waals surface area contributed by atoms with E-state index in [-0.39, 0.29) is 5.91 Å². The van der Waals surface area contributed by atoms with E-state index in [0.717, 1.165) is 25.6 Å². The second kappa shape index (κ2) is 5.66. The Balaban J connectivity index is 1.87. The normalized spacial score (nSPS) is 10.8. The number of nitrogens with one attached hydrogen (secondary N) is 1. The van der Waals surface area contributed by atoms with Crippen LogP contribution in [-0.2, 0) is 0 Å². The smallest absolute Gasteiger partial charge is 0.291 e. The molecule has 21 heavy (non-hydrogen) atoms. The van der Waals surface area contributed by atoms with E-state index in [9.17, 15) is 4.79 Å². The fraction of sp³-hybridized carbons (Fsp3) is 0.0625. The molecule has 0 atom stereocenters. The molecule has 0 saturated carbocycles. The first kappa shape index (κ1) is 14.4. The van der Waals surface area contributed by atoms with Gasteiger partial charge in [-0.1, -0.05) is 31.9 Å². The number of halogens is 2. The summed E-state index contributed by atoms with van der Waals surface area (Å²) in [6.45, 7) is 1.97. The molecule has 2 aromatic carbocycles. The third-order valence-electron chi connectivity index (χ3n) is 3.12. The number of furan rings is 1. The Morgan fingerprint density at radius 2 is 1.90 bits per heavy atom. The van der Waals surface area contributed by atoms with Crippen LogP contribution in [0.25, 0.3) is 11.0 Å². The Labute approximate surface area is 138 Å². The Kier molecular flexibility index (Phi) is 3.87. The minimum atomic E-state index is -0.260. The third-order valence-corrected chi connectivity index (χ3v) is 4.50. The van der Waals surface area contributed by atoms with Crippen molar-refractivity contribution in [1.82, 2.24) is 0 Å². The third kappa shape index (κ3) is 3.04. The lowest BCUT2D eigenvalue weighted by Gasteiger charge is -2.05. The molecule has 0 fully saturated rings. The molecular formula is C16H11Br2NO2. The van der Waals surface area contributed by atoms with Crippen molar-refractivity contribution in [2.45, 2.75) is 6.92 Å². The molecule has 3 rings (SSSR count). The highest BCUT2D eigenvalue weighted by molar-refractivity contribution is 9.10. The number of anilines is 1. The lowest BCUT2D eigenvalue weighted by Crippen LogP contribution is -2.10. The zero-order valence-electron chi connectivity index (χ0n) is 11.1. The van der Waals surface area contributed by atoms with Gasteiger partial charge in [0.05, 0.1) is 0 Å². The van der Waals surface area contributed by atoms with Crippen molar-refractivity contribution < 1.29 is 9.21 Å². The van der Waals surface area contributed by atoms with E-state index < -0.39 is 0 Å². The maximum Gasteiger partial charge on any atom is 0.291 e. The van der Waals surface area contributed by atoms with Crippen molar-refractivity contribution in [1.29, 1.82) is 0 Å². The van der Waals surface area contributed by atoms with E-state index in [1.807, 2.05) is 43.3 Å². The second-order valence-corrected chi connectivity index (χ2v) is 6.48. The van der Waals surface area contributed by atoms with Gasteiger partial charge in [-0.15, -0.1) is 0 Å². The highest BCUT2D eigenvalue weighted by Gasteiger charge is 2.13. The van der Waals surface area contributed by atoms with Gasteiger partial charge < -0.3 is 9.73 Å². The molecular weight excluding hydrogens is 398 g/mol. The molecule has 1 heterocycles. The van der Waals surface area contributed by atoms with E-state index in [4.69, 9.17) is 4.42 Å². The summed E-state index contributed by atoms with van der Waals surface area (Å²) in [7, 11) is 0. The average Bonchev–Trinajstić information content (AvgIpc) is 2.86. The van der Waals surface area contributed by atoms with E-state index in [0.29, 0.717) is 11.3 Å². The van der Waals surface area contributed by atoms with E-state index in [1.54, 1.807) is 6.07 Å². The van der Waals surface area contributed by atoms with Crippen LogP contribution in [0, 0.1) is 6.92 Å². The number of hydrogen-bond donors (Lipinski definition) is 1. The number of benzene rings is 2. The molecule has 0 aliphatic heterocycles. The number of carbonyl (C=O) groups is 1. The first-order valence-electron chi connectivity index (χ1n) is 6.29. The van der Waals surface area contributed by atoms with Crippen LogP contribution < -0.4 is 5.32 Å². The van der Waals surface area contributed by atoms with Crippen LogP contribution in [0.3, 0.4) is 0 Å². The summed E-state index contributed by atoms with van der Waals surface area (Å²) in [5.41, 5.74) is 2.49. The first-order valence-corrected chi connectivity index (χ1v) is 7.88. The van der Waals surface area contributed by atoms with Crippen LogP contribution in [0.1, 0.15) is 16.1 Å². The number of carbonyl (C=O) groups excluding carboxylic acids is 1. The van der Waals surface area contributed by atoms with Crippen LogP contribution in [0.5, 0.6) is 0 Å². The summed E-state index contributed by atoms with van der Waals surface area (Å²) >= 11 is 6.84. The number of hydrogen-bond acceptors (Lipinski definition) is 2. The summed E-state index contributed by atoms with van der Waals surface area (Å²) in [5, 5.41) is 3.73. The Morgan fingerprint density at radius 1 is 1.10 bits per heavy atom. The van der Waals surface area contributed by atoms with Gasteiger partial charge >= 0.3 is 0 Å². The Hall–Kier alpha value is -1.59. The lowest BCUT2D eigenvalue weighted by atomic mass is 10.2. The molecule has 3 nitrogen and oxygen atoms in total. The predicted molar refractivity (Wildman–Crippen MR) is 90.7 cm³/mol. The second-order valence-electron chi connectivity index (χ2n) is 4.71. The van der Waals surface area contributed by atoms with Crippen molar-refractivity contribution in [3.8, 4) is 0 Å². The molecule has 0 bridgehead atoms. The monoisotopic (exact) mass is 407 g/mol. The Morgan fingerprint density at radius 3 is 2.67 bits per heavy atom. The summed E-state index contributed by atoms with van der Waals surface area (Å²) in [4.78, 5) is 12.2. The standard InChI is InChI=1S/C16H11Br2NO2/c1-9-6-12(3-4-13(9)18)19-16(20)15-8-10-7-11(17)2-5-14(10)21-15/h2-8H,1H3,(H,19,20). The quantitative estimate of drug-likeness (QED) is 0.606. The Bertz CT molecular complexity index is 839. The zero-order valence-corrected chi connectivity index (χ0v) is 14.3. The number of aryl methyl sites for hydroxylation is 1. The van der Waals surface area contributed by atoms with Gasteiger partial charge in [0, 0.05) is 20.0 Å². The minimum Gasteiger partial charge on any atom is -0.451 e. The van der Waals surface area contributed by atoms with Crippen LogP contribution in [-0.4, -0.2) is 5.91 Å². The molecule has 0 unspecified atom stereocenters. The molecule has 0 aliphatic rings. The van der Waals surface area contributed by atoms with Gasteiger partial charge in [-0.25, -0.2) is 0 Å². The summed E-state index contributed by atoms with van der Waals surface area (Å²) < 4.78 is 7.53. The molecule has 3 aromatic rings. The fourth-order valence-corrected chi connectivity index (χ4v) is 2.67. The average molecular weight is 409 g/mol. The molecule has 1 aromatic heterocycles. The largest absolute Gasteiger partial charge is 0.451 e. The van der Waals surface area contributed by atoms with Crippen molar-refractivity contribution in [2.75, 3.05) is 5.32 Å². The lowest BCUT2D eigenvalue weighted by molar-refractivity contribution is 0.0998.